The minimum Gasteiger partial charge on any atom is -0.438 e. The van der Waals surface area contributed by atoms with Crippen molar-refractivity contribution in [2.75, 3.05) is 12.8 Å². The van der Waals surface area contributed by atoms with E-state index in [9.17, 15) is 4.79 Å². The molecule has 1 aliphatic heterocycles. The van der Waals surface area contributed by atoms with Gasteiger partial charge in [0.1, 0.15) is 6.04 Å². The van der Waals surface area contributed by atoms with Crippen molar-refractivity contribution in [3.8, 4) is 11.3 Å². The fourth-order valence-corrected chi connectivity index (χ4v) is 3.30. The summed E-state index contributed by atoms with van der Waals surface area (Å²) in [6.07, 6.45) is 6.81. The van der Waals surface area contributed by atoms with Gasteiger partial charge < -0.3 is 9.32 Å². The van der Waals surface area contributed by atoms with E-state index in [1.165, 1.54) is 0 Å². The predicted octanol–water partition coefficient (Wildman–Crippen LogP) is 4.15. The number of carbonyl (C=O) groups excluding carboxylic acids is 1. The Bertz CT molecular complexity index is 656. The molecular weight excluding hydrogens is 308 g/mol. The Labute approximate surface area is 141 Å². The molecule has 0 radical (unpaired) electrons. The molecule has 0 N–H and O–H groups in total. The van der Waals surface area contributed by atoms with Crippen LogP contribution in [0.5, 0.6) is 0 Å². The molecule has 0 spiro atoms. The molecule has 1 fully saturated rings. The second-order valence-electron chi connectivity index (χ2n) is 5.85. The van der Waals surface area contributed by atoms with Crippen molar-refractivity contribution in [3.05, 3.63) is 42.4 Å². The van der Waals surface area contributed by atoms with Crippen LogP contribution in [-0.4, -0.2) is 33.8 Å². The molecule has 23 heavy (non-hydrogen) atoms. The lowest BCUT2D eigenvalue weighted by atomic mass is 10.0. The van der Waals surface area contributed by atoms with Crippen LogP contribution in [0.2, 0.25) is 0 Å². The highest BCUT2D eigenvalue weighted by Gasteiger charge is 2.33. The highest BCUT2D eigenvalue weighted by atomic mass is 32.2. The quantitative estimate of drug-likeness (QED) is 0.845. The molecule has 5 heteroatoms. The summed E-state index contributed by atoms with van der Waals surface area (Å²) < 4.78 is 5.99. The lowest BCUT2D eigenvalue weighted by Crippen LogP contribution is -2.42. The van der Waals surface area contributed by atoms with Crippen LogP contribution in [0.25, 0.3) is 11.3 Å². The minimum absolute atomic E-state index is 0.0286. The Hall–Kier alpha value is -1.75. The summed E-state index contributed by atoms with van der Waals surface area (Å²) in [5.74, 6) is 1.60. The van der Waals surface area contributed by atoms with E-state index < -0.39 is 0 Å². The molecule has 4 nitrogen and oxygen atoms in total. The second-order valence-corrected chi connectivity index (χ2v) is 7.03. The Morgan fingerprint density at radius 1 is 1.35 bits per heavy atom. The molecule has 2 atom stereocenters. The van der Waals surface area contributed by atoms with Crippen LogP contribution in [-0.2, 0) is 4.79 Å². The van der Waals surface area contributed by atoms with Gasteiger partial charge in [-0.1, -0.05) is 30.3 Å². The summed E-state index contributed by atoms with van der Waals surface area (Å²) >= 11 is 1.58. The zero-order valence-electron chi connectivity index (χ0n) is 13.6. The summed E-state index contributed by atoms with van der Waals surface area (Å²) in [5, 5.41) is -0.0286. The van der Waals surface area contributed by atoms with Crippen LogP contribution in [0.15, 0.2) is 40.9 Å². The number of piperidine rings is 1. The van der Waals surface area contributed by atoms with Crippen molar-refractivity contribution in [2.24, 2.45) is 0 Å². The van der Waals surface area contributed by atoms with Crippen molar-refractivity contribution in [1.82, 2.24) is 9.88 Å². The van der Waals surface area contributed by atoms with Crippen molar-refractivity contribution in [1.29, 1.82) is 0 Å². The van der Waals surface area contributed by atoms with E-state index in [2.05, 4.69) is 4.98 Å². The molecule has 1 aliphatic rings. The van der Waals surface area contributed by atoms with Gasteiger partial charge in [-0.05, 0) is 32.4 Å². The van der Waals surface area contributed by atoms with Gasteiger partial charge in [0, 0.05) is 12.1 Å². The first-order chi connectivity index (χ1) is 11.2. The van der Waals surface area contributed by atoms with Crippen molar-refractivity contribution in [3.63, 3.8) is 0 Å². The smallest absolute Gasteiger partial charge is 0.236 e. The van der Waals surface area contributed by atoms with E-state index in [4.69, 9.17) is 4.42 Å². The van der Waals surface area contributed by atoms with Gasteiger partial charge in [-0.15, -0.1) is 0 Å². The van der Waals surface area contributed by atoms with Gasteiger partial charge >= 0.3 is 0 Å². The number of oxazole rings is 1. The van der Waals surface area contributed by atoms with E-state index in [0.717, 1.165) is 37.1 Å². The summed E-state index contributed by atoms with van der Waals surface area (Å²) in [6, 6.07) is 9.91. The molecular formula is C18H22N2O2S. The van der Waals surface area contributed by atoms with E-state index in [1.54, 1.807) is 18.0 Å². The number of nitrogens with zero attached hydrogens (tertiary/aromatic N) is 2. The maximum absolute atomic E-state index is 12.6. The van der Waals surface area contributed by atoms with Gasteiger partial charge in [0.2, 0.25) is 11.8 Å². The number of carbonyl (C=O) groups is 1. The van der Waals surface area contributed by atoms with Crippen LogP contribution in [0.1, 0.15) is 38.1 Å². The third-order valence-electron chi connectivity index (χ3n) is 4.35. The van der Waals surface area contributed by atoms with Crippen molar-refractivity contribution < 1.29 is 9.21 Å². The summed E-state index contributed by atoms with van der Waals surface area (Å²) in [4.78, 5) is 19.0. The molecule has 0 aliphatic carbocycles. The lowest BCUT2D eigenvalue weighted by molar-refractivity contribution is -0.134. The Balaban J connectivity index is 1.84. The minimum atomic E-state index is -0.0386. The summed E-state index contributed by atoms with van der Waals surface area (Å²) in [6.45, 7) is 2.75. The van der Waals surface area contributed by atoms with Crippen molar-refractivity contribution >= 4 is 17.7 Å². The third-order valence-corrected chi connectivity index (χ3v) is 5.26. The van der Waals surface area contributed by atoms with Gasteiger partial charge in [-0.25, -0.2) is 4.98 Å². The molecule has 3 rings (SSSR count). The molecule has 0 bridgehead atoms. The molecule has 122 valence electrons. The standard InChI is InChI=1S/C18H22N2O2S/c1-13(23-2)18(21)20-11-7-6-10-15(20)17-19-12-16(22-17)14-8-4-3-5-9-14/h3-5,8-9,12-13,15H,6-7,10-11H2,1-2H3. The SMILES string of the molecule is CSC(C)C(=O)N1CCCCC1c1ncc(-c2ccccc2)o1. The number of rotatable bonds is 4. The van der Waals surface area contributed by atoms with Gasteiger partial charge in [0.25, 0.3) is 0 Å². The predicted molar refractivity (Wildman–Crippen MR) is 93.2 cm³/mol. The van der Waals surface area contributed by atoms with E-state index in [1.807, 2.05) is 48.4 Å². The maximum atomic E-state index is 12.6. The first-order valence-electron chi connectivity index (χ1n) is 8.05. The molecule has 2 heterocycles. The Kier molecular flexibility index (Phi) is 5.06. The van der Waals surface area contributed by atoms with Crippen LogP contribution >= 0.6 is 11.8 Å². The largest absolute Gasteiger partial charge is 0.438 e. The average Bonchev–Trinajstić information content (AvgIpc) is 3.11. The lowest BCUT2D eigenvalue weighted by Gasteiger charge is -2.35. The zero-order chi connectivity index (χ0) is 16.2. The number of likely N-dealkylation sites (tertiary alicyclic amines) is 1. The fourth-order valence-electron chi connectivity index (χ4n) is 2.96. The van der Waals surface area contributed by atoms with Crippen molar-refractivity contribution in [2.45, 2.75) is 37.5 Å². The molecule has 2 aromatic rings. The van der Waals surface area contributed by atoms with Gasteiger partial charge in [0.05, 0.1) is 11.4 Å². The Morgan fingerprint density at radius 2 is 2.13 bits per heavy atom. The Morgan fingerprint density at radius 3 is 2.87 bits per heavy atom. The highest BCUT2D eigenvalue weighted by molar-refractivity contribution is 7.99. The van der Waals surface area contributed by atoms with E-state index in [0.29, 0.717) is 5.89 Å². The molecule has 1 amide bonds. The summed E-state index contributed by atoms with van der Waals surface area (Å²) in [5.41, 5.74) is 1.01. The first kappa shape index (κ1) is 16.1. The van der Waals surface area contributed by atoms with Crippen LogP contribution in [0, 0.1) is 0 Å². The molecule has 1 saturated heterocycles. The van der Waals surface area contributed by atoms with E-state index in [-0.39, 0.29) is 17.2 Å². The topological polar surface area (TPSA) is 46.3 Å². The number of amides is 1. The number of hydrogen-bond donors (Lipinski definition) is 0. The second kappa shape index (κ2) is 7.21. The average molecular weight is 330 g/mol. The van der Waals surface area contributed by atoms with Crippen LogP contribution in [0.4, 0.5) is 0 Å². The van der Waals surface area contributed by atoms with Gasteiger partial charge in [-0.2, -0.15) is 11.8 Å². The van der Waals surface area contributed by atoms with Gasteiger partial charge in [0.15, 0.2) is 5.76 Å². The molecule has 1 aromatic carbocycles. The van der Waals surface area contributed by atoms with Crippen LogP contribution < -0.4 is 0 Å². The normalized spacial score (nSPS) is 19.6. The zero-order valence-corrected chi connectivity index (χ0v) is 14.4. The highest BCUT2D eigenvalue weighted by Crippen LogP contribution is 2.33. The fraction of sp³-hybridized carbons (Fsp3) is 0.444. The monoisotopic (exact) mass is 330 g/mol. The molecule has 1 aromatic heterocycles. The maximum Gasteiger partial charge on any atom is 0.236 e. The molecule has 0 saturated carbocycles. The number of hydrogen-bond acceptors (Lipinski definition) is 4. The first-order valence-corrected chi connectivity index (χ1v) is 9.34. The number of benzene rings is 1. The third kappa shape index (κ3) is 3.44. The molecule has 2 unspecified atom stereocenters. The van der Waals surface area contributed by atoms with E-state index >= 15 is 0 Å². The van der Waals surface area contributed by atoms with Crippen LogP contribution in [0.3, 0.4) is 0 Å². The summed E-state index contributed by atoms with van der Waals surface area (Å²) in [7, 11) is 0. The number of aromatic nitrogens is 1. The number of thioether (sulfide) groups is 1. The van der Waals surface area contributed by atoms with Gasteiger partial charge in [-0.3, -0.25) is 4.79 Å².